The van der Waals surface area contributed by atoms with E-state index in [1.807, 2.05) is 33.3 Å². The number of ether oxygens (including phenoxy) is 1. The Bertz CT molecular complexity index is 1370. The fourth-order valence-electron chi connectivity index (χ4n) is 7.23. The maximum Gasteiger partial charge on any atom is 0.306 e. The number of hydrogen-bond donors (Lipinski definition) is 1. The van der Waals surface area contributed by atoms with Gasteiger partial charge in [-0.3, -0.25) is 14.2 Å². The highest BCUT2D eigenvalue weighted by Gasteiger charge is 2.27. The van der Waals surface area contributed by atoms with Gasteiger partial charge in [0, 0.05) is 12.8 Å². The fourth-order valence-corrected chi connectivity index (χ4v) is 7.95. The molecule has 0 aromatic heterocycles. The maximum absolute atomic E-state index is 13.4. The Labute approximate surface area is 406 Å². The van der Waals surface area contributed by atoms with E-state index in [2.05, 4.69) is 80.8 Å². The van der Waals surface area contributed by atoms with E-state index in [-0.39, 0.29) is 31.3 Å². The number of esters is 1. The summed E-state index contributed by atoms with van der Waals surface area (Å²) in [7, 11) is 1.13. The van der Waals surface area contributed by atoms with E-state index < -0.39 is 26.6 Å². The van der Waals surface area contributed by atoms with Gasteiger partial charge in [-0.05, 0) is 83.1 Å². The van der Waals surface area contributed by atoms with Gasteiger partial charge in [0.25, 0.3) is 7.82 Å². The first-order valence-electron chi connectivity index (χ1n) is 26.7. The molecule has 0 saturated carbocycles. The fraction of sp³-hybridized carbons (Fsp3) is 0.750. The first-order chi connectivity index (χ1) is 31.9. The minimum absolute atomic E-state index is 0.0377. The van der Waals surface area contributed by atoms with Crippen molar-refractivity contribution in [2.75, 3.05) is 40.9 Å². The number of unbranched alkanes of at least 4 members (excludes halogenated alkanes) is 21. The third-order valence-corrected chi connectivity index (χ3v) is 12.3. The summed E-state index contributed by atoms with van der Waals surface area (Å²) >= 11 is 0. The number of nitrogens with zero attached hydrogens (tertiary/aromatic N) is 1. The lowest BCUT2D eigenvalue weighted by molar-refractivity contribution is -0.870. The molecule has 0 aliphatic rings. The van der Waals surface area contributed by atoms with Crippen molar-refractivity contribution in [1.82, 2.24) is 5.32 Å². The van der Waals surface area contributed by atoms with Crippen LogP contribution in [-0.2, 0) is 27.9 Å². The number of quaternary nitrogens is 1. The number of nitrogens with one attached hydrogen (secondary N) is 1. The Morgan fingerprint density at radius 2 is 0.985 bits per heavy atom. The third kappa shape index (κ3) is 46.6. The molecule has 1 amide bonds. The molecular formula is C56H101N2O7P. The Kier molecular flexibility index (Phi) is 44.4. The van der Waals surface area contributed by atoms with Crippen molar-refractivity contribution < 1.29 is 37.3 Å². The zero-order valence-corrected chi connectivity index (χ0v) is 44.3. The van der Waals surface area contributed by atoms with Crippen molar-refractivity contribution >= 4 is 19.7 Å². The van der Waals surface area contributed by atoms with Gasteiger partial charge in [-0.1, -0.05) is 197 Å². The molecule has 0 radical (unpaired) electrons. The van der Waals surface area contributed by atoms with Gasteiger partial charge in [-0.2, -0.15) is 0 Å². The highest BCUT2D eigenvalue weighted by molar-refractivity contribution is 7.45. The van der Waals surface area contributed by atoms with Crippen LogP contribution in [0.1, 0.15) is 220 Å². The second-order valence-electron chi connectivity index (χ2n) is 19.0. The van der Waals surface area contributed by atoms with Crippen LogP contribution in [0.25, 0.3) is 0 Å². The highest BCUT2D eigenvalue weighted by atomic mass is 31.2. The molecule has 0 heterocycles. The van der Waals surface area contributed by atoms with Gasteiger partial charge in [0.2, 0.25) is 5.91 Å². The van der Waals surface area contributed by atoms with E-state index in [1.165, 1.54) is 96.3 Å². The standard InChI is InChI=1S/C56H101N2O7P/c1-7-10-13-16-19-22-25-28-31-34-37-40-43-46-49-56(60)65-54(47-44-41-38-35-32-29-26-23-20-17-14-11-8-2)53(52-64-66(61,62)63-51-50-58(4,5)6)57-55(59)48-45-42-39-36-33-30-27-24-21-18-15-12-9-3/h10,13,19,22,28,30-31,33,39,42,44,47,53-54H,7-9,11-12,14-18,20-21,23-27,29,32,34-38,40-41,43,45-46,48-52H2,1-6H3,(H-,57,59,61,62)/b13-10+,22-19+,31-28+,33-30-,42-39+,47-44+. The molecule has 382 valence electrons. The minimum Gasteiger partial charge on any atom is -0.756 e. The van der Waals surface area contributed by atoms with Crippen molar-refractivity contribution in [3.05, 3.63) is 72.9 Å². The van der Waals surface area contributed by atoms with Crippen molar-refractivity contribution in [3.63, 3.8) is 0 Å². The molecule has 0 spiro atoms. The number of phosphoric acid groups is 1. The van der Waals surface area contributed by atoms with Gasteiger partial charge in [-0.15, -0.1) is 0 Å². The number of hydrogen-bond acceptors (Lipinski definition) is 7. The lowest BCUT2D eigenvalue weighted by atomic mass is 10.0. The summed E-state index contributed by atoms with van der Waals surface area (Å²) in [4.78, 5) is 39.7. The van der Waals surface area contributed by atoms with Crippen molar-refractivity contribution in [1.29, 1.82) is 0 Å². The number of phosphoric ester groups is 1. The molecule has 3 atom stereocenters. The van der Waals surface area contributed by atoms with Gasteiger partial charge in [0.05, 0.1) is 33.8 Å². The number of carbonyl (C=O) groups is 2. The van der Waals surface area contributed by atoms with E-state index in [0.29, 0.717) is 23.9 Å². The van der Waals surface area contributed by atoms with Gasteiger partial charge in [0.15, 0.2) is 0 Å². The molecular weight excluding hydrogens is 844 g/mol. The highest BCUT2D eigenvalue weighted by Crippen LogP contribution is 2.38. The summed E-state index contributed by atoms with van der Waals surface area (Å²) in [6.45, 7) is 6.64. The molecule has 9 nitrogen and oxygen atoms in total. The quantitative estimate of drug-likeness (QED) is 0.0212. The topological polar surface area (TPSA) is 114 Å². The van der Waals surface area contributed by atoms with Crippen LogP contribution < -0.4 is 10.2 Å². The molecule has 0 bridgehead atoms. The molecule has 1 N–H and O–H groups in total. The van der Waals surface area contributed by atoms with Crippen LogP contribution >= 0.6 is 7.82 Å². The molecule has 0 rings (SSSR count). The van der Waals surface area contributed by atoms with Crippen LogP contribution in [-0.4, -0.2) is 69.4 Å². The van der Waals surface area contributed by atoms with Crippen LogP contribution in [0.5, 0.6) is 0 Å². The number of allylic oxidation sites excluding steroid dienone is 11. The second-order valence-corrected chi connectivity index (χ2v) is 20.4. The summed E-state index contributed by atoms with van der Waals surface area (Å²) in [6.07, 6.45) is 57.4. The first kappa shape index (κ1) is 63.5. The SMILES string of the molecule is CC/C=C/C/C=C/C/C=C/CCCCCCC(=O)OC(/C=C/CCCCCCCCCCCCC)C(COP(=O)([O-])OCC[N+](C)(C)C)NC(=O)CC/C=C/C/C=C\CCCCCCCC. The molecule has 10 heteroatoms. The van der Waals surface area contributed by atoms with E-state index >= 15 is 0 Å². The zero-order chi connectivity index (χ0) is 48.7. The average Bonchev–Trinajstić information content (AvgIpc) is 3.27. The Morgan fingerprint density at radius 1 is 0.545 bits per heavy atom. The van der Waals surface area contributed by atoms with Crippen LogP contribution in [0.4, 0.5) is 0 Å². The number of amides is 1. The lowest BCUT2D eigenvalue weighted by Gasteiger charge is -2.30. The minimum atomic E-state index is -4.71. The number of rotatable bonds is 47. The summed E-state index contributed by atoms with van der Waals surface area (Å²) in [5.74, 6) is -0.649. The second kappa shape index (κ2) is 46.2. The summed E-state index contributed by atoms with van der Waals surface area (Å²) in [6, 6.07) is -0.928. The Balaban J connectivity index is 5.55. The smallest absolute Gasteiger partial charge is 0.306 e. The van der Waals surface area contributed by atoms with Gasteiger partial charge >= 0.3 is 5.97 Å². The number of likely N-dealkylation sites (N-methyl/N-ethyl adjacent to an activating group) is 1. The number of carbonyl (C=O) groups excluding carboxylic acids is 2. The van der Waals surface area contributed by atoms with Crippen LogP contribution in [0.2, 0.25) is 0 Å². The normalized spacial score (nSPS) is 14.5. The van der Waals surface area contributed by atoms with E-state index in [1.54, 1.807) is 6.08 Å². The lowest BCUT2D eigenvalue weighted by Crippen LogP contribution is -2.47. The average molecular weight is 945 g/mol. The van der Waals surface area contributed by atoms with Crippen LogP contribution in [0.3, 0.4) is 0 Å². The molecule has 0 aromatic rings. The summed E-state index contributed by atoms with van der Waals surface area (Å²) < 4.78 is 30.1. The van der Waals surface area contributed by atoms with Crippen LogP contribution in [0.15, 0.2) is 72.9 Å². The molecule has 66 heavy (non-hydrogen) atoms. The van der Waals surface area contributed by atoms with Crippen molar-refractivity contribution in [2.24, 2.45) is 0 Å². The van der Waals surface area contributed by atoms with E-state index in [4.69, 9.17) is 13.8 Å². The zero-order valence-electron chi connectivity index (χ0n) is 43.4. The molecule has 0 fully saturated rings. The van der Waals surface area contributed by atoms with E-state index in [0.717, 1.165) is 77.0 Å². The Hall–Kier alpha value is -2.55. The molecule has 0 aliphatic carbocycles. The van der Waals surface area contributed by atoms with Gasteiger partial charge < -0.3 is 28.5 Å². The predicted octanol–water partition coefficient (Wildman–Crippen LogP) is 15.1. The van der Waals surface area contributed by atoms with E-state index in [9.17, 15) is 19.0 Å². The van der Waals surface area contributed by atoms with Gasteiger partial charge in [0.1, 0.15) is 19.3 Å². The first-order valence-corrected chi connectivity index (χ1v) is 28.2. The third-order valence-electron chi connectivity index (χ3n) is 11.4. The monoisotopic (exact) mass is 945 g/mol. The molecule has 0 aromatic carbocycles. The summed E-state index contributed by atoms with van der Waals surface area (Å²) in [5.41, 5.74) is 0. The van der Waals surface area contributed by atoms with Gasteiger partial charge in [-0.25, -0.2) is 0 Å². The largest absolute Gasteiger partial charge is 0.756 e. The Morgan fingerprint density at radius 3 is 1.48 bits per heavy atom. The predicted molar refractivity (Wildman–Crippen MR) is 279 cm³/mol. The van der Waals surface area contributed by atoms with Crippen molar-refractivity contribution in [3.8, 4) is 0 Å². The molecule has 0 saturated heterocycles. The van der Waals surface area contributed by atoms with Crippen molar-refractivity contribution in [2.45, 2.75) is 232 Å². The molecule has 3 unspecified atom stereocenters. The molecule has 0 aliphatic heterocycles. The summed E-state index contributed by atoms with van der Waals surface area (Å²) in [5, 5.41) is 2.96. The van der Waals surface area contributed by atoms with Crippen LogP contribution in [0, 0.1) is 0 Å². The maximum atomic E-state index is 13.4.